The van der Waals surface area contributed by atoms with Gasteiger partial charge in [-0.05, 0) is 31.4 Å². The normalized spacial score (nSPS) is 21.8. The molecular formula is C16H21BrN2. The van der Waals surface area contributed by atoms with Crippen molar-refractivity contribution in [3.05, 3.63) is 58.6 Å². The molecule has 1 aromatic rings. The van der Waals surface area contributed by atoms with E-state index in [1.807, 2.05) is 25.2 Å². The van der Waals surface area contributed by atoms with Crippen LogP contribution in [0.4, 0.5) is 0 Å². The van der Waals surface area contributed by atoms with Crippen molar-refractivity contribution in [2.24, 2.45) is 11.7 Å². The molecule has 0 saturated carbocycles. The van der Waals surface area contributed by atoms with Crippen molar-refractivity contribution < 1.29 is 0 Å². The first-order chi connectivity index (χ1) is 9.20. The maximum absolute atomic E-state index is 6.32. The van der Waals surface area contributed by atoms with Gasteiger partial charge in [0, 0.05) is 16.6 Å². The number of allylic oxidation sites excluding steroid dienone is 3. The molecule has 2 nitrogen and oxygen atoms in total. The minimum Gasteiger partial charge on any atom is -0.324 e. The lowest BCUT2D eigenvalue weighted by molar-refractivity contribution is 0.383. The SMILES string of the molecule is CN[C@H](CC(N)c1ccccc1)C1C=CC(Br)=CC1. The molecule has 0 fully saturated rings. The van der Waals surface area contributed by atoms with Crippen molar-refractivity contribution in [2.45, 2.75) is 24.9 Å². The Morgan fingerprint density at radius 1 is 1.37 bits per heavy atom. The Morgan fingerprint density at radius 3 is 2.68 bits per heavy atom. The summed E-state index contributed by atoms with van der Waals surface area (Å²) in [5.74, 6) is 0.515. The summed E-state index contributed by atoms with van der Waals surface area (Å²) >= 11 is 3.50. The Balaban J connectivity index is 1.98. The number of nitrogens with two attached hydrogens (primary N) is 1. The summed E-state index contributed by atoms with van der Waals surface area (Å²) in [6.45, 7) is 0. The van der Waals surface area contributed by atoms with Crippen LogP contribution in [-0.2, 0) is 0 Å². The fourth-order valence-electron chi connectivity index (χ4n) is 2.53. The van der Waals surface area contributed by atoms with Crippen LogP contribution in [0.15, 0.2) is 53.0 Å². The van der Waals surface area contributed by atoms with E-state index < -0.39 is 0 Å². The van der Waals surface area contributed by atoms with Crippen LogP contribution < -0.4 is 11.1 Å². The van der Waals surface area contributed by atoms with Gasteiger partial charge in [0.05, 0.1) is 0 Å². The average Bonchev–Trinajstić information content (AvgIpc) is 2.46. The zero-order valence-electron chi connectivity index (χ0n) is 11.2. The Morgan fingerprint density at radius 2 is 2.11 bits per heavy atom. The van der Waals surface area contributed by atoms with Crippen molar-refractivity contribution in [3.63, 3.8) is 0 Å². The molecule has 3 N–H and O–H groups in total. The van der Waals surface area contributed by atoms with Crippen molar-refractivity contribution in [1.82, 2.24) is 5.32 Å². The van der Waals surface area contributed by atoms with E-state index in [1.54, 1.807) is 0 Å². The molecular weight excluding hydrogens is 300 g/mol. The van der Waals surface area contributed by atoms with Crippen molar-refractivity contribution in [2.75, 3.05) is 7.05 Å². The molecule has 1 aromatic carbocycles. The van der Waals surface area contributed by atoms with E-state index in [1.165, 1.54) is 10.0 Å². The second kappa shape index (κ2) is 7.04. The van der Waals surface area contributed by atoms with Gasteiger partial charge in [-0.25, -0.2) is 0 Å². The zero-order chi connectivity index (χ0) is 13.7. The first-order valence-corrected chi connectivity index (χ1v) is 7.51. The summed E-state index contributed by atoms with van der Waals surface area (Å²) in [7, 11) is 2.02. The van der Waals surface area contributed by atoms with E-state index in [0.29, 0.717) is 12.0 Å². The van der Waals surface area contributed by atoms with E-state index >= 15 is 0 Å². The van der Waals surface area contributed by atoms with Crippen LogP contribution in [0, 0.1) is 5.92 Å². The third-order valence-corrected chi connectivity index (χ3v) is 4.30. The number of benzene rings is 1. The molecule has 0 aromatic heterocycles. The van der Waals surface area contributed by atoms with Crippen LogP contribution in [-0.4, -0.2) is 13.1 Å². The van der Waals surface area contributed by atoms with Gasteiger partial charge >= 0.3 is 0 Å². The highest BCUT2D eigenvalue weighted by Gasteiger charge is 2.21. The van der Waals surface area contributed by atoms with Gasteiger partial charge in [-0.15, -0.1) is 0 Å². The first kappa shape index (κ1) is 14.5. The second-order valence-electron chi connectivity index (χ2n) is 5.00. The molecule has 19 heavy (non-hydrogen) atoms. The van der Waals surface area contributed by atoms with E-state index in [9.17, 15) is 0 Å². The van der Waals surface area contributed by atoms with Gasteiger partial charge in [0.25, 0.3) is 0 Å². The molecule has 102 valence electrons. The number of halogens is 1. The van der Waals surface area contributed by atoms with Gasteiger partial charge in [0.2, 0.25) is 0 Å². The van der Waals surface area contributed by atoms with Gasteiger partial charge in [-0.3, -0.25) is 0 Å². The smallest absolute Gasteiger partial charge is 0.0309 e. The topological polar surface area (TPSA) is 38.0 Å². The molecule has 2 rings (SSSR count). The molecule has 3 atom stereocenters. The quantitative estimate of drug-likeness (QED) is 0.871. The predicted molar refractivity (Wildman–Crippen MR) is 85.1 cm³/mol. The van der Waals surface area contributed by atoms with Crippen molar-refractivity contribution in [1.29, 1.82) is 0 Å². The maximum Gasteiger partial charge on any atom is 0.0309 e. The highest BCUT2D eigenvalue weighted by atomic mass is 79.9. The van der Waals surface area contributed by atoms with Crippen LogP contribution in [0.3, 0.4) is 0 Å². The molecule has 0 bridgehead atoms. The molecule has 0 spiro atoms. The second-order valence-corrected chi connectivity index (χ2v) is 5.91. The molecule has 2 unspecified atom stereocenters. The van der Waals surface area contributed by atoms with Gasteiger partial charge in [-0.2, -0.15) is 0 Å². The largest absolute Gasteiger partial charge is 0.324 e. The molecule has 0 saturated heterocycles. The first-order valence-electron chi connectivity index (χ1n) is 6.72. The van der Waals surface area contributed by atoms with Crippen LogP contribution >= 0.6 is 15.9 Å². The third kappa shape index (κ3) is 4.03. The molecule has 0 aliphatic heterocycles. The minimum atomic E-state index is 0.0846. The summed E-state index contributed by atoms with van der Waals surface area (Å²) < 4.78 is 1.17. The van der Waals surface area contributed by atoms with Gasteiger partial charge in [-0.1, -0.05) is 64.5 Å². The van der Waals surface area contributed by atoms with E-state index in [0.717, 1.165) is 12.8 Å². The van der Waals surface area contributed by atoms with E-state index in [4.69, 9.17) is 5.73 Å². The standard InChI is InChI=1S/C16H21BrN2/c1-19-16(13-7-9-14(17)10-8-13)11-15(18)12-5-3-2-4-6-12/h2-7,9-10,13,15-16,19H,8,11,18H2,1H3/t13?,15?,16-/m1/s1. The van der Waals surface area contributed by atoms with Crippen LogP contribution in [0.25, 0.3) is 0 Å². The Hall–Kier alpha value is -0.900. The summed E-state index contributed by atoms with van der Waals surface area (Å²) in [6.07, 6.45) is 8.63. The fraction of sp³-hybridized carbons (Fsp3) is 0.375. The lowest BCUT2D eigenvalue weighted by atomic mass is 9.87. The average molecular weight is 321 g/mol. The summed E-state index contributed by atoms with van der Waals surface area (Å²) in [4.78, 5) is 0. The number of hydrogen-bond donors (Lipinski definition) is 2. The summed E-state index contributed by atoms with van der Waals surface area (Å²) in [5, 5.41) is 3.41. The molecule has 0 radical (unpaired) electrons. The molecule has 0 heterocycles. The maximum atomic E-state index is 6.32. The lowest BCUT2D eigenvalue weighted by Crippen LogP contribution is -2.36. The monoisotopic (exact) mass is 320 g/mol. The molecule has 0 amide bonds. The molecule has 3 heteroatoms. The summed E-state index contributed by atoms with van der Waals surface area (Å²) in [6, 6.07) is 10.8. The van der Waals surface area contributed by atoms with Crippen LogP contribution in [0.2, 0.25) is 0 Å². The highest BCUT2D eigenvalue weighted by Crippen LogP contribution is 2.26. The predicted octanol–water partition coefficient (Wildman–Crippen LogP) is 3.52. The Bertz CT molecular complexity index is 453. The lowest BCUT2D eigenvalue weighted by Gasteiger charge is -2.28. The third-order valence-electron chi connectivity index (χ3n) is 3.71. The molecule has 1 aliphatic carbocycles. The Labute approximate surface area is 123 Å². The van der Waals surface area contributed by atoms with Crippen molar-refractivity contribution in [3.8, 4) is 0 Å². The van der Waals surface area contributed by atoms with E-state index in [-0.39, 0.29) is 6.04 Å². The minimum absolute atomic E-state index is 0.0846. The fourth-order valence-corrected chi connectivity index (χ4v) is 2.87. The number of rotatable bonds is 5. The molecule has 1 aliphatic rings. The summed E-state index contributed by atoms with van der Waals surface area (Å²) in [5.41, 5.74) is 7.52. The Kier molecular flexibility index (Phi) is 5.37. The zero-order valence-corrected chi connectivity index (χ0v) is 12.8. The van der Waals surface area contributed by atoms with Crippen LogP contribution in [0.1, 0.15) is 24.4 Å². The van der Waals surface area contributed by atoms with Gasteiger partial charge < -0.3 is 11.1 Å². The number of hydrogen-bond acceptors (Lipinski definition) is 2. The van der Waals surface area contributed by atoms with Gasteiger partial charge in [0.1, 0.15) is 0 Å². The van der Waals surface area contributed by atoms with E-state index in [2.05, 4.69) is 51.6 Å². The van der Waals surface area contributed by atoms with Crippen LogP contribution in [0.5, 0.6) is 0 Å². The number of nitrogens with one attached hydrogen (secondary N) is 1. The van der Waals surface area contributed by atoms with Crippen molar-refractivity contribution >= 4 is 15.9 Å². The highest BCUT2D eigenvalue weighted by molar-refractivity contribution is 9.11. The van der Waals surface area contributed by atoms with Gasteiger partial charge in [0.15, 0.2) is 0 Å².